The summed E-state index contributed by atoms with van der Waals surface area (Å²) in [6.07, 6.45) is 0. The van der Waals surface area contributed by atoms with Crippen LogP contribution in [0.1, 0.15) is 62.3 Å². The molecule has 2 aliphatic heterocycles. The molecule has 242 valence electrons. The first-order chi connectivity index (χ1) is 22.1. The van der Waals surface area contributed by atoms with Gasteiger partial charge in [-0.25, -0.2) is 0 Å². The molecule has 8 heteroatoms. The van der Waals surface area contributed by atoms with Crippen molar-refractivity contribution in [3.8, 4) is 0 Å². The molecule has 0 radical (unpaired) electrons. The number of benzene rings is 4. The number of para-hydroxylation sites is 2. The van der Waals surface area contributed by atoms with Crippen LogP contribution in [-0.4, -0.2) is 45.8 Å². The summed E-state index contributed by atoms with van der Waals surface area (Å²) in [6.45, 7) is 19.9. The highest BCUT2D eigenvalue weighted by molar-refractivity contribution is 6.63. The first-order valence-corrected chi connectivity index (χ1v) is 16.8. The van der Waals surface area contributed by atoms with E-state index in [9.17, 15) is 0 Å². The van der Waals surface area contributed by atoms with Crippen LogP contribution < -0.4 is 10.9 Å². The number of fused-ring (bicyclic) bond motifs is 6. The Kier molecular flexibility index (Phi) is 7.49. The highest BCUT2D eigenvalue weighted by Gasteiger charge is 2.52. The molecule has 2 saturated heterocycles. The topological polar surface area (TPSA) is 46.8 Å². The van der Waals surface area contributed by atoms with Crippen LogP contribution in [0.3, 0.4) is 0 Å². The molecule has 2 aliphatic rings. The molecule has 4 heterocycles. The van der Waals surface area contributed by atoms with Crippen LogP contribution >= 0.6 is 0 Å². The third kappa shape index (κ3) is 5.12. The molecule has 0 saturated carbocycles. The molecule has 0 bridgehead atoms. The summed E-state index contributed by atoms with van der Waals surface area (Å²) in [5.74, 6) is 0. The number of aromatic nitrogens is 2. The molecule has 2 aromatic heterocycles. The molecule has 8 rings (SSSR count). The van der Waals surface area contributed by atoms with Gasteiger partial charge in [-0.05, 0) is 97.5 Å². The summed E-state index contributed by atoms with van der Waals surface area (Å²) >= 11 is 0. The van der Waals surface area contributed by atoms with Gasteiger partial charge >= 0.3 is 14.2 Å². The van der Waals surface area contributed by atoms with Gasteiger partial charge < -0.3 is 27.8 Å². The average Bonchev–Trinajstić information content (AvgIpc) is 3.66. The van der Waals surface area contributed by atoms with Crippen LogP contribution in [0.25, 0.3) is 43.6 Å². The second-order valence-corrected chi connectivity index (χ2v) is 15.1. The zero-order valence-corrected chi connectivity index (χ0v) is 29.5. The quantitative estimate of drug-likeness (QED) is 0.188. The standard InChI is InChI=1S/C20H24BNO2.C19H22BNO2/c1-6-22-17-10-8-7-9-15(17)16-13-14(11-12-18(16)22)21-23-19(2,3)20(4,5)24-21;1-18(2)19(3,4)23-20(22-18)13-10-11-17-15(12-13)14-8-6-7-9-16(14)21(17)5/h7-13H,6H2,1-5H3;6-12H,1-5H3. The molecule has 6 nitrogen and oxygen atoms in total. The number of nitrogens with zero attached hydrogens (tertiary/aromatic N) is 2. The maximum absolute atomic E-state index is 6.22. The molecular formula is C39H46B2N2O4. The SMILES string of the molecule is CCn1c2ccccc2c2cc(B3OC(C)(C)C(C)(C)O3)ccc21.Cn1c2ccccc2c2cc(B3OC(C)(C)C(C)(C)O3)ccc21. The highest BCUT2D eigenvalue weighted by atomic mass is 16.7. The fraction of sp³-hybridized carbons (Fsp3) is 0.385. The van der Waals surface area contributed by atoms with E-state index in [1.165, 1.54) is 43.6 Å². The Morgan fingerprint density at radius 1 is 0.489 bits per heavy atom. The van der Waals surface area contributed by atoms with Crippen LogP contribution in [-0.2, 0) is 32.2 Å². The Morgan fingerprint density at radius 3 is 1.34 bits per heavy atom. The average molecular weight is 628 g/mol. The van der Waals surface area contributed by atoms with E-state index in [2.05, 4.69) is 163 Å². The molecule has 2 fully saturated rings. The zero-order valence-electron chi connectivity index (χ0n) is 29.5. The van der Waals surface area contributed by atoms with Crippen LogP contribution in [0.2, 0.25) is 0 Å². The molecule has 47 heavy (non-hydrogen) atoms. The normalized spacial score (nSPS) is 19.6. The first-order valence-electron chi connectivity index (χ1n) is 16.8. The van der Waals surface area contributed by atoms with E-state index in [1.807, 2.05) is 0 Å². The van der Waals surface area contributed by atoms with Gasteiger partial charge in [-0.2, -0.15) is 0 Å². The molecule has 6 aromatic rings. The van der Waals surface area contributed by atoms with Crippen molar-refractivity contribution in [2.75, 3.05) is 0 Å². The van der Waals surface area contributed by atoms with Gasteiger partial charge in [-0.3, -0.25) is 0 Å². The fourth-order valence-corrected chi connectivity index (χ4v) is 6.85. The molecule has 0 unspecified atom stereocenters. The monoisotopic (exact) mass is 628 g/mol. The lowest BCUT2D eigenvalue weighted by Crippen LogP contribution is -2.41. The third-order valence-corrected chi connectivity index (χ3v) is 11.1. The maximum atomic E-state index is 6.22. The Bertz CT molecular complexity index is 2110. The number of hydrogen-bond donors (Lipinski definition) is 0. The number of hydrogen-bond acceptors (Lipinski definition) is 4. The molecule has 0 amide bonds. The van der Waals surface area contributed by atoms with Crippen LogP contribution in [0.5, 0.6) is 0 Å². The Labute approximate surface area is 279 Å². The van der Waals surface area contributed by atoms with Gasteiger partial charge in [-0.15, -0.1) is 0 Å². The van der Waals surface area contributed by atoms with E-state index in [1.54, 1.807) is 0 Å². The van der Waals surface area contributed by atoms with Crippen molar-refractivity contribution in [2.45, 2.75) is 91.3 Å². The minimum absolute atomic E-state index is 0.314. The van der Waals surface area contributed by atoms with E-state index >= 15 is 0 Å². The van der Waals surface area contributed by atoms with Crippen molar-refractivity contribution in [3.05, 3.63) is 84.9 Å². The summed E-state index contributed by atoms with van der Waals surface area (Å²) in [4.78, 5) is 0. The minimum atomic E-state index is -0.317. The predicted molar refractivity (Wildman–Crippen MR) is 197 cm³/mol. The zero-order chi connectivity index (χ0) is 33.5. The number of rotatable bonds is 3. The van der Waals surface area contributed by atoms with E-state index in [4.69, 9.17) is 18.6 Å². The lowest BCUT2D eigenvalue weighted by atomic mass is 9.78. The van der Waals surface area contributed by atoms with E-state index < -0.39 is 0 Å². The summed E-state index contributed by atoms with van der Waals surface area (Å²) in [7, 11) is 1.48. The van der Waals surface area contributed by atoms with Crippen LogP contribution in [0.4, 0.5) is 0 Å². The highest BCUT2D eigenvalue weighted by Crippen LogP contribution is 2.38. The Balaban J connectivity index is 0.000000150. The molecule has 4 aromatic carbocycles. The summed E-state index contributed by atoms with van der Waals surface area (Å²) < 4.78 is 29.4. The van der Waals surface area contributed by atoms with Gasteiger partial charge in [-0.1, -0.05) is 60.7 Å². The Morgan fingerprint density at radius 2 is 0.851 bits per heavy atom. The van der Waals surface area contributed by atoms with E-state index in [0.29, 0.717) is 0 Å². The summed E-state index contributed by atoms with van der Waals surface area (Å²) in [5, 5.41) is 5.06. The predicted octanol–water partition coefficient (Wildman–Crippen LogP) is 7.74. The number of aryl methyl sites for hydroxylation is 2. The fourth-order valence-electron chi connectivity index (χ4n) is 6.85. The van der Waals surface area contributed by atoms with Crippen LogP contribution in [0, 0.1) is 0 Å². The maximum Gasteiger partial charge on any atom is 0.494 e. The summed E-state index contributed by atoms with van der Waals surface area (Å²) in [5.41, 5.74) is 5.91. The van der Waals surface area contributed by atoms with Gasteiger partial charge in [0.2, 0.25) is 0 Å². The molecule has 0 atom stereocenters. The molecule has 0 N–H and O–H groups in total. The lowest BCUT2D eigenvalue weighted by molar-refractivity contribution is 0.00578. The molecular weight excluding hydrogens is 582 g/mol. The minimum Gasteiger partial charge on any atom is -0.399 e. The summed E-state index contributed by atoms with van der Waals surface area (Å²) in [6, 6.07) is 30.1. The lowest BCUT2D eigenvalue weighted by Gasteiger charge is -2.32. The van der Waals surface area contributed by atoms with E-state index in [-0.39, 0.29) is 36.6 Å². The smallest absolute Gasteiger partial charge is 0.399 e. The van der Waals surface area contributed by atoms with Crippen molar-refractivity contribution in [2.24, 2.45) is 7.05 Å². The third-order valence-electron chi connectivity index (χ3n) is 11.1. The molecule has 0 aliphatic carbocycles. The first kappa shape index (κ1) is 32.0. The van der Waals surface area contributed by atoms with Crippen molar-refractivity contribution < 1.29 is 18.6 Å². The van der Waals surface area contributed by atoms with Crippen molar-refractivity contribution in [3.63, 3.8) is 0 Å². The van der Waals surface area contributed by atoms with Crippen LogP contribution in [0.15, 0.2) is 84.9 Å². The second kappa shape index (κ2) is 11.0. The van der Waals surface area contributed by atoms with E-state index in [0.717, 1.165) is 17.5 Å². The van der Waals surface area contributed by atoms with Gasteiger partial charge in [0, 0.05) is 57.2 Å². The molecule has 0 spiro atoms. The van der Waals surface area contributed by atoms with Gasteiger partial charge in [0.05, 0.1) is 22.4 Å². The Hall–Kier alpha value is -3.55. The van der Waals surface area contributed by atoms with Gasteiger partial charge in [0.15, 0.2) is 0 Å². The van der Waals surface area contributed by atoms with Gasteiger partial charge in [0.25, 0.3) is 0 Å². The van der Waals surface area contributed by atoms with Crippen molar-refractivity contribution in [1.29, 1.82) is 0 Å². The van der Waals surface area contributed by atoms with Gasteiger partial charge in [0.1, 0.15) is 0 Å². The largest absolute Gasteiger partial charge is 0.494 e. The van der Waals surface area contributed by atoms with Crippen molar-refractivity contribution in [1.82, 2.24) is 9.13 Å². The second-order valence-electron chi connectivity index (χ2n) is 15.1. The van der Waals surface area contributed by atoms with Crippen molar-refractivity contribution >= 4 is 68.8 Å².